The minimum Gasteiger partial charge on any atom is -0.497 e. The van der Waals surface area contributed by atoms with E-state index in [-0.39, 0.29) is 11.3 Å². The molecule has 3 rings (SSSR count). The number of aromatic nitrogens is 1. The van der Waals surface area contributed by atoms with Crippen LogP contribution in [0.3, 0.4) is 0 Å². The number of methoxy groups -OCH3 is 1. The van der Waals surface area contributed by atoms with Crippen LogP contribution in [0.5, 0.6) is 11.5 Å². The average molecular weight is 291 g/mol. The quantitative estimate of drug-likeness (QED) is 0.732. The second-order valence-electron chi connectivity index (χ2n) is 5.70. The smallest absolute Gasteiger partial charge is 0.258 e. The lowest BCUT2D eigenvalue weighted by Gasteiger charge is -2.39. The van der Waals surface area contributed by atoms with E-state index in [0.717, 1.165) is 0 Å². The molecule has 6 nitrogen and oxygen atoms in total. The molecule has 2 heterocycles. The highest BCUT2D eigenvalue weighted by atomic mass is 16.5. The predicted octanol–water partition coefficient (Wildman–Crippen LogP) is 1.10. The molecule has 1 aliphatic rings. The Labute approximate surface area is 120 Å². The minimum atomic E-state index is -1.30. The molecule has 1 aromatic heterocycles. The second-order valence-corrected chi connectivity index (χ2v) is 5.70. The zero-order valence-electron chi connectivity index (χ0n) is 12.0. The zero-order valence-corrected chi connectivity index (χ0v) is 12.0. The molecule has 6 heteroatoms. The van der Waals surface area contributed by atoms with Gasteiger partial charge in [0.25, 0.3) is 5.56 Å². The molecule has 2 aromatic rings. The summed E-state index contributed by atoms with van der Waals surface area (Å²) < 4.78 is 11.0. The van der Waals surface area contributed by atoms with Gasteiger partial charge in [-0.2, -0.15) is 0 Å². The molecule has 0 aliphatic carbocycles. The fourth-order valence-electron chi connectivity index (χ4n) is 2.63. The lowest BCUT2D eigenvalue weighted by molar-refractivity contribution is -0.111. The molecular formula is C15H17NO5. The van der Waals surface area contributed by atoms with Crippen LogP contribution in [0.4, 0.5) is 0 Å². The van der Waals surface area contributed by atoms with Crippen LogP contribution in [0.1, 0.15) is 25.5 Å². The minimum absolute atomic E-state index is 0.0441. The summed E-state index contributed by atoms with van der Waals surface area (Å²) in [4.78, 5) is 14.8. The summed E-state index contributed by atoms with van der Waals surface area (Å²) in [7, 11) is 1.54. The number of hydrogen-bond donors (Lipinski definition) is 3. The van der Waals surface area contributed by atoms with Gasteiger partial charge in [-0.25, -0.2) is 0 Å². The lowest BCUT2D eigenvalue weighted by Crippen LogP contribution is -2.50. The van der Waals surface area contributed by atoms with Gasteiger partial charge < -0.3 is 24.7 Å². The summed E-state index contributed by atoms with van der Waals surface area (Å²) in [5, 5.41) is 21.0. The van der Waals surface area contributed by atoms with Gasteiger partial charge in [-0.15, -0.1) is 0 Å². The van der Waals surface area contributed by atoms with E-state index >= 15 is 0 Å². The van der Waals surface area contributed by atoms with Crippen molar-refractivity contribution >= 4 is 10.9 Å². The van der Waals surface area contributed by atoms with Crippen molar-refractivity contribution in [1.82, 2.24) is 4.98 Å². The number of pyridine rings is 1. The maximum atomic E-state index is 12.2. The fourth-order valence-corrected chi connectivity index (χ4v) is 2.63. The van der Waals surface area contributed by atoms with E-state index in [4.69, 9.17) is 9.47 Å². The van der Waals surface area contributed by atoms with Crippen LogP contribution in [-0.2, 0) is 0 Å². The molecule has 0 saturated heterocycles. The van der Waals surface area contributed by atoms with E-state index in [1.54, 1.807) is 39.2 Å². The third kappa shape index (κ3) is 1.99. The standard InChI is InChI=1S/C15H17NO5/c1-15(2)13(18)11(17)10-12(21-15)8-6-7(20-3)4-5-9(8)16-14(10)19/h4-6,11,13,17-18H,1-3H3,(H,16,19)/t11-,13+/m1/s1. The van der Waals surface area contributed by atoms with Crippen molar-refractivity contribution in [1.29, 1.82) is 0 Å². The first-order valence-corrected chi connectivity index (χ1v) is 6.64. The Hall–Kier alpha value is -2.05. The van der Waals surface area contributed by atoms with Crippen LogP contribution in [0, 0.1) is 0 Å². The Morgan fingerprint density at radius 2 is 2.05 bits per heavy atom. The maximum Gasteiger partial charge on any atom is 0.258 e. The summed E-state index contributed by atoms with van der Waals surface area (Å²) in [6.07, 6.45) is -2.49. The number of ether oxygens (including phenoxy) is 2. The third-order valence-corrected chi connectivity index (χ3v) is 3.88. The topological polar surface area (TPSA) is 91.8 Å². The average Bonchev–Trinajstić information content (AvgIpc) is 2.44. The number of aromatic amines is 1. The largest absolute Gasteiger partial charge is 0.497 e. The van der Waals surface area contributed by atoms with Gasteiger partial charge in [0.15, 0.2) is 0 Å². The van der Waals surface area contributed by atoms with Gasteiger partial charge in [0, 0.05) is 5.39 Å². The molecule has 1 aliphatic heterocycles. The molecule has 112 valence electrons. The molecule has 0 spiro atoms. The predicted molar refractivity (Wildman–Crippen MR) is 76.8 cm³/mol. The lowest BCUT2D eigenvalue weighted by atomic mass is 9.88. The van der Waals surface area contributed by atoms with Gasteiger partial charge in [-0.3, -0.25) is 4.79 Å². The SMILES string of the molecule is COc1ccc2[nH]c(=O)c3c(c2c1)OC(C)(C)[C@@H](O)[C@@H]3O. The van der Waals surface area contributed by atoms with Crippen LogP contribution in [-0.4, -0.2) is 34.0 Å². The van der Waals surface area contributed by atoms with E-state index in [0.29, 0.717) is 16.7 Å². The Balaban J connectivity index is 2.36. The summed E-state index contributed by atoms with van der Waals surface area (Å²) in [5.74, 6) is 0.897. The van der Waals surface area contributed by atoms with E-state index in [2.05, 4.69) is 4.98 Å². The number of benzene rings is 1. The fraction of sp³-hybridized carbons (Fsp3) is 0.400. The van der Waals surface area contributed by atoms with Crippen molar-refractivity contribution in [2.45, 2.75) is 31.7 Å². The van der Waals surface area contributed by atoms with Crippen molar-refractivity contribution in [2.24, 2.45) is 0 Å². The van der Waals surface area contributed by atoms with Crippen LogP contribution < -0.4 is 15.0 Å². The molecule has 2 atom stereocenters. The summed E-state index contributed by atoms with van der Waals surface area (Å²) in [6.45, 7) is 3.33. The Bertz CT molecular complexity index is 764. The number of rotatable bonds is 1. The van der Waals surface area contributed by atoms with Crippen LogP contribution in [0.25, 0.3) is 10.9 Å². The van der Waals surface area contributed by atoms with Gasteiger partial charge in [0.05, 0.1) is 18.2 Å². The first-order chi connectivity index (χ1) is 9.85. The molecule has 0 saturated carbocycles. The van der Waals surface area contributed by atoms with Crippen molar-refractivity contribution < 1.29 is 19.7 Å². The van der Waals surface area contributed by atoms with Gasteiger partial charge in [0.2, 0.25) is 0 Å². The van der Waals surface area contributed by atoms with Crippen molar-refractivity contribution in [3.63, 3.8) is 0 Å². The molecule has 21 heavy (non-hydrogen) atoms. The Morgan fingerprint density at radius 1 is 1.33 bits per heavy atom. The summed E-state index contributed by atoms with van der Waals surface area (Å²) in [6, 6.07) is 5.16. The summed E-state index contributed by atoms with van der Waals surface area (Å²) >= 11 is 0. The third-order valence-electron chi connectivity index (χ3n) is 3.88. The van der Waals surface area contributed by atoms with Crippen LogP contribution >= 0.6 is 0 Å². The van der Waals surface area contributed by atoms with Gasteiger partial charge in [-0.05, 0) is 32.0 Å². The van der Waals surface area contributed by atoms with E-state index in [1.165, 1.54) is 0 Å². The number of aliphatic hydroxyl groups excluding tert-OH is 2. The van der Waals surface area contributed by atoms with Crippen molar-refractivity contribution in [3.05, 3.63) is 34.1 Å². The molecule has 0 fully saturated rings. The molecule has 0 amide bonds. The molecule has 0 radical (unpaired) electrons. The highest BCUT2D eigenvalue weighted by molar-refractivity contribution is 5.88. The highest BCUT2D eigenvalue weighted by Crippen LogP contribution is 2.42. The number of nitrogens with one attached hydrogen (secondary N) is 1. The first kappa shape index (κ1) is 13.9. The zero-order chi connectivity index (χ0) is 15.4. The number of hydrogen-bond acceptors (Lipinski definition) is 5. The first-order valence-electron chi connectivity index (χ1n) is 6.64. The van der Waals surface area contributed by atoms with Crippen molar-refractivity contribution in [3.8, 4) is 11.5 Å². The molecule has 0 unspecified atom stereocenters. The number of aliphatic hydroxyl groups is 2. The number of H-pyrrole nitrogens is 1. The normalized spacial score (nSPS) is 23.5. The molecule has 3 N–H and O–H groups in total. The molecular weight excluding hydrogens is 274 g/mol. The monoisotopic (exact) mass is 291 g/mol. The van der Waals surface area contributed by atoms with Crippen LogP contribution in [0.15, 0.2) is 23.0 Å². The van der Waals surface area contributed by atoms with E-state index < -0.39 is 23.4 Å². The van der Waals surface area contributed by atoms with Gasteiger partial charge in [0.1, 0.15) is 29.3 Å². The van der Waals surface area contributed by atoms with E-state index in [1.807, 2.05) is 0 Å². The molecule has 0 bridgehead atoms. The van der Waals surface area contributed by atoms with Gasteiger partial charge >= 0.3 is 0 Å². The molecule has 1 aromatic carbocycles. The summed E-state index contributed by atoms with van der Waals surface area (Å²) in [5.41, 5.74) is -0.845. The maximum absolute atomic E-state index is 12.2. The van der Waals surface area contributed by atoms with Crippen molar-refractivity contribution in [2.75, 3.05) is 7.11 Å². The second kappa shape index (κ2) is 4.47. The highest BCUT2D eigenvalue weighted by Gasteiger charge is 2.44. The Morgan fingerprint density at radius 3 is 2.71 bits per heavy atom. The van der Waals surface area contributed by atoms with Crippen LogP contribution in [0.2, 0.25) is 0 Å². The number of fused-ring (bicyclic) bond motifs is 3. The van der Waals surface area contributed by atoms with E-state index in [9.17, 15) is 15.0 Å². The van der Waals surface area contributed by atoms with Gasteiger partial charge in [-0.1, -0.05) is 0 Å². The Kier molecular flexibility index (Phi) is 2.96.